The molecule has 1 aliphatic rings. The standard InChI is InChI=1S/C13H19N3O2/c1-8(2)10-7-9(3)14-13(15-10)16-6-4-5-11(16)12(17)18/h7-8,11H,4-6H2,1-3H3,(H,17,18). The van der Waals surface area contributed by atoms with Crippen LogP contribution >= 0.6 is 0 Å². The number of carboxylic acid groups (broad SMARTS) is 1. The van der Waals surface area contributed by atoms with Gasteiger partial charge in [-0.3, -0.25) is 0 Å². The summed E-state index contributed by atoms with van der Waals surface area (Å²) in [5, 5.41) is 9.20. The summed E-state index contributed by atoms with van der Waals surface area (Å²) < 4.78 is 0. The monoisotopic (exact) mass is 249 g/mol. The minimum absolute atomic E-state index is 0.316. The lowest BCUT2D eigenvalue weighted by atomic mass is 10.1. The van der Waals surface area contributed by atoms with Crippen molar-refractivity contribution in [3.05, 3.63) is 17.5 Å². The Morgan fingerprint density at radius 3 is 2.83 bits per heavy atom. The van der Waals surface area contributed by atoms with Crippen molar-refractivity contribution in [3.8, 4) is 0 Å². The molecule has 0 saturated carbocycles. The number of anilines is 1. The zero-order valence-corrected chi connectivity index (χ0v) is 11.1. The van der Waals surface area contributed by atoms with E-state index in [1.54, 1.807) is 4.90 Å². The number of rotatable bonds is 3. The molecule has 0 bridgehead atoms. The van der Waals surface area contributed by atoms with Gasteiger partial charge in [-0.25, -0.2) is 14.8 Å². The summed E-state index contributed by atoms with van der Waals surface area (Å²) in [6.07, 6.45) is 1.55. The third kappa shape index (κ3) is 2.44. The molecule has 1 saturated heterocycles. The third-order valence-corrected chi connectivity index (χ3v) is 3.25. The predicted molar refractivity (Wildman–Crippen MR) is 68.9 cm³/mol. The maximum Gasteiger partial charge on any atom is 0.326 e. The fraction of sp³-hybridized carbons (Fsp3) is 0.615. The molecule has 0 spiro atoms. The summed E-state index contributed by atoms with van der Waals surface area (Å²) in [6.45, 7) is 6.79. The number of aryl methyl sites for hydroxylation is 1. The minimum Gasteiger partial charge on any atom is -0.480 e. The second kappa shape index (κ2) is 4.92. The Hall–Kier alpha value is -1.65. The Labute approximate surface area is 107 Å². The Kier molecular flexibility index (Phi) is 3.50. The molecular formula is C13H19N3O2. The highest BCUT2D eigenvalue weighted by molar-refractivity contribution is 5.78. The van der Waals surface area contributed by atoms with Crippen LogP contribution in [-0.2, 0) is 4.79 Å². The maximum atomic E-state index is 11.2. The average molecular weight is 249 g/mol. The van der Waals surface area contributed by atoms with Crippen molar-refractivity contribution in [3.63, 3.8) is 0 Å². The van der Waals surface area contributed by atoms with Gasteiger partial charge in [-0.05, 0) is 31.7 Å². The molecular weight excluding hydrogens is 230 g/mol. The van der Waals surface area contributed by atoms with Crippen LogP contribution in [0.25, 0.3) is 0 Å². The van der Waals surface area contributed by atoms with Crippen LogP contribution in [0.3, 0.4) is 0 Å². The first kappa shape index (κ1) is 12.8. The molecule has 0 aromatic carbocycles. The lowest BCUT2D eigenvalue weighted by molar-refractivity contribution is -0.138. The summed E-state index contributed by atoms with van der Waals surface area (Å²) in [7, 11) is 0. The van der Waals surface area contributed by atoms with Crippen LogP contribution < -0.4 is 4.90 Å². The molecule has 0 radical (unpaired) electrons. The number of hydrogen-bond donors (Lipinski definition) is 1. The summed E-state index contributed by atoms with van der Waals surface area (Å²) in [6, 6.07) is 1.48. The number of aliphatic carboxylic acids is 1. The largest absolute Gasteiger partial charge is 0.480 e. The molecule has 0 amide bonds. The Morgan fingerprint density at radius 2 is 2.22 bits per heavy atom. The van der Waals surface area contributed by atoms with E-state index in [2.05, 4.69) is 23.8 Å². The van der Waals surface area contributed by atoms with Gasteiger partial charge in [-0.1, -0.05) is 13.8 Å². The van der Waals surface area contributed by atoms with E-state index >= 15 is 0 Å². The predicted octanol–water partition coefficient (Wildman–Crippen LogP) is 1.96. The van der Waals surface area contributed by atoms with Gasteiger partial charge in [-0.15, -0.1) is 0 Å². The molecule has 1 aromatic rings. The lowest BCUT2D eigenvalue weighted by Gasteiger charge is -2.22. The quantitative estimate of drug-likeness (QED) is 0.887. The van der Waals surface area contributed by atoms with Gasteiger partial charge in [0.15, 0.2) is 0 Å². The first-order chi connectivity index (χ1) is 8.49. The van der Waals surface area contributed by atoms with Gasteiger partial charge >= 0.3 is 5.97 Å². The first-order valence-electron chi connectivity index (χ1n) is 6.34. The average Bonchev–Trinajstić information content (AvgIpc) is 2.76. The van der Waals surface area contributed by atoms with Crippen molar-refractivity contribution in [1.82, 2.24) is 9.97 Å². The van der Waals surface area contributed by atoms with Gasteiger partial charge in [0, 0.05) is 17.9 Å². The van der Waals surface area contributed by atoms with Crippen LogP contribution in [0.2, 0.25) is 0 Å². The first-order valence-corrected chi connectivity index (χ1v) is 6.34. The number of hydrogen-bond acceptors (Lipinski definition) is 4. The fourth-order valence-electron chi connectivity index (χ4n) is 2.26. The Bertz CT molecular complexity index is 460. The zero-order chi connectivity index (χ0) is 13.3. The molecule has 1 aromatic heterocycles. The van der Waals surface area contributed by atoms with Gasteiger partial charge in [0.25, 0.3) is 0 Å². The summed E-state index contributed by atoms with van der Waals surface area (Å²) >= 11 is 0. The van der Waals surface area contributed by atoms with Crippen molar-refractivity contribution in [2.75, 3.05) is 11.4 Å². The van der Waals surface area contributed by atoms with Crippen molar-refractivity contribution in [2.24, 2.45) is 0 Å². The zero-order valence-electron chi connectivity index (χ0n) is 11.1. The molecule has 1 unspecified atom stereocenters. The molecule has 2 rings (SSSR count). The SMILES string of the molecule is Cc1cc(C(C)C)nc(N2CCCC2C(=O)O)n1. The van der Waals surface area contributed by atoms with Crippen LogP contribution in [0.5, 0.6) is 0 Å². The number of carboxylic acids is 1. The Morgan fingerprint density at radius 1 is 1.50 bits per heavy atom. The lowest BCUT2D eigenvalue weighted by Crippen LogP contribution is -2.37. The second-order valence-electron chi connectivity index (χ2n) is 5.08. The van der Waals surface area contributed by atoms with E-state index in [0.717, 1.165) is 24.4 Å². The van der Waals surface area contributed by atoms with Crippen molar-refractivity contribution in [1.29, 1.82) is 0 Å². The molecule has 18 heavy (non-hydrogen) atoms. The highest BCUT2D eigenvalue weighted by Gasteiger charge is 2.32. The van der Waals surface area contributed by atoms with E-state index in [1.165, 1.54) is 0 Å². The molecule has 0 aliphatic carbocycles. The van der Waals surface area contributed by atoms with Crippen LogP contribution in [-0.4, -0.2) is 33.6 Å². The van der Waals surface area contributed by atoms with E-state index in [9.17, 15) is 9.90 Å². The smallest absolute Gasteiger partial charge is 0.326 e. The molecule has 5 nitrogen and oxygen atoms in total. The minimum atomic E-state index is -0.788. The van der Waals surface area contributed by atoms with Crippen molar-refractivity contribution >= 4 is 11.9 Å². The molecule has 98 valence electrons. The molecule has 1 aliphatic heterocycles. The molecule has 1 N–H and O–H groups in total. The van der Waals surface area contributed by atoms with Crippen LogP contribution in [0.4, 0.5) is 5.95 Å². The summed E-state index contributed by atoms with van der Waals surface area (Å²) in [4.78, 5) is 21.9. The van der Waals surface area contributed by atoms with Gasteiger partial charge in [0.2, 0.25) is 5.95 Å². The van der Waals surface area contributed by atoms with E-state index in [4.69, 9.17) is 0 Å². The summed E-state index contributed by atoms with van der Waals surface area (Å²) in [5.41, 5.74) is 1.85. The topological polar surface area (TPSA) is 66.3 Å². The highest BCUT2D eigenvalue weighted by atomic mass is 16.4. The second-order valence-corrected chi connectivity index (χ2v) is 5.08. The maximum absolute atomic E-state index is 11.2. The normalized spacial score (nSPS) is 19.6. The Balaban J connectivity index is 2.35. The van der Waals surface area contributed by atoms with E-state index in [-0.39, 0.29) is 0 Å². The molecule has 5 heteroatoms. The number of aromatic nitrogens is 2. The van der Waals surface area contributed by atoms with E-state index in [0.29, 0.717) is 18.3 Å². The molecule has 1 atom stereocenters. The molecule has 2 heterocycles. The van der Waals surface area contributed by atoms with Crippen LogP contribution in [0.1, 0.15) is 44.0 Å². The van der Waals surface area contributed by atoms with Crippen molar-refractivity contribution in [2.45, 2.75) is 45.6 Å². The van der Waals surface area contributed by atoms with E-state index in [1.807, 2.05) is 13.0 Å². The van der Waals surface area contributed by atoms with Gasteiger partial charge in [-0.2, -0.15) is 0 Å². The van der Waals surface area contributed by atoms with Crippen LogP contribution in [0.15, 0.2) is 6.07 Å². The van der Waals surface area contributed by atoms with Gasteiger partial charge < -0.3 is 10.0 Å². The van der Waals surface area contributed by atoms with Crippen molar-refractivity contribution < 1.29 is 9.90 Å². The molecule has 1 fully saturated rings. The van der Waals surface area contributed by atoms with Gasteiger partial charge in [0.05, 0.1) is 0 Å². The third-order valence-electron chi connectivity index (χ3n) is 3.25. The number of nitrogens with zero attached hydrogens (tertiary/aromatic N) is 3. The number of carbonyl (C=O) groups is 1. The van der Waals surface area contributed by atoms with E-state index < -0.39 is 12.0 Å². The highest BCUT2D eigenvalue weighted by Crippen LogP contribution is 2.24. The fourth-order valence-corrected chi connectivity index (χ4v) is 2.26. The van der Waals surface area contributed by atoms with Crippen LogP contribution in [0, 0.1) is 6.92 Å². The summed E-state index contributed by atoms with van der Waals surface area (Å²) in [5.74, 6) is 0.0867. The van der Waals surface area contributed by atoms with Gasteiger partial charge in [0.1, 0.15) is 6.04 Å².